The molecule has 1 saturated heterocycles. The number of anilines is 1. The number of pyridine rings is 1. The number of carboxylic acid groups (broad SMARTS) is 1. The molecule has 4 rings (SSSR count). The molecule has 2 heterocycles. The minimum atomic E-state index is -0.993. The SMILES string of the molecule is N=C(N)c1ccc(-c2ccc(OC[C@@H]3C[C@@H](CC(=O)O)C(=O)N3c3cccnc3)cc2)cc1. The largest absolute Gasteiger partial charge is 0.491 e. The number of nitrogens with one attached hydrogen (secondary N) is 1. The van der Waals surface area contributed by atoms with Crippen molar-refractivity contribution in [3.05, 3.63) is 78.6 Å². The van der Waals surface area contributed by atoms with Gasteiger partial charge in [0.25, 0.3) is 0 Å². The summed E-state index contributed by atoms with van der Waals surface area (Å²) in [6.45, 7) is 0.239. The molecule has 0 bridgehead atoms. The molecule has 33 heavy (non-hydrogen) atoms. The average molecular weight is 444 g/mol. The number of rotatable bonds is 8. The number of carbonyl (C=O) groups excluding carboxylic acids is 1. The standard InChI is InChI=1S/C25H24N4O4/c26-24(27)18-5-3-16(4-6-18)17-7-9-22(10-8-17)33-15-21-12-19(13-23(30)31)25(32)29(21)20-2-1-11-28-14-20/h1-11,14,19,21H,12-13,15H2,(H3,26,27)(H,30,31)/t19-,21-/m0/s1. The second-order valence-corrected chi connectivity index (χ2v) is 7.93. The van der Waals surface area contributed by atoms with E-state index in [-0.39, 0.29) is 30.8 Å². The molecule has 1 amide bonds. The number of carboxylic acids is 1. The number of nitrogen functional groups attached to an aromatic ring is 1. The van der Waals surface area contributed by atoms with Gasteiger partial charge in [-0.3, -0.25) is 20.0 Å². The van der Waals surface area contributed by atoms with Crippen LogP contribution in [0.4, 0.5) is 5.69 Å². The predicted octanol–water partition coefficient (Wildman–Crippen LogP) is 3.31. The molecule has 0 aliphatic carbocycles. The minimum Gasteiger partial charge on any atom is -0.491 e. The summed E-state index contributed by atoms with van der Waals surface area (Å²) in [7, 11) is 0. The topological polar surface area (TPSA) is 130 Å². The number of aliphatic carboxylic acids is 1. The summed E-state index contributed by atoms with van der Waals surface area (Å²) < 4.78 is 5.98. The quantitative estimate of drug-likeness (QED) is 0.361. The number of amides is 1. The van der Waals surface area contributed by atoms with Crippen molar-refractivity contribution in [3.63, 3.8) is 0 Å². The van der Waals surface area contributed by atoms with Crippen molar-refractivity contribution in [3.8, 4) is 16.9 Å². The lowest BCUT2D eigenvalue weighted by atomic mass is 10.0. The molecule has 0 saturated carbocycles. The van der Waals surface area contributed by atoms with Gasteiger partial charge in [0.1, 0.15) is 18.2 Å². The van der Waals surface area contributed by atoms with E-state index in [4.69, 9.17) is 15.9 Å². The van der Waals surface area contributed by atoms with Crippen LogP contribution in [-0.2, 0) is 9.59 Å². The summed E-state index contributed by atoms with van der Waals surface area (Å²) in [6.07, 6.45) is 3.42. The van der Waals surface area contributed by atoms with Gasteiger partial charge in [-0.1, -0.05) is 36.4 Å². The Morgan fingerprint density at radius 1 is 1.12 bits per heavy atom. The van der Waals surface area contributed by atoms with Crippen molar-refractivity contribution >= 4 is 23.4 Å². The van der Waals surface area contributed by atoms with E-state index in [1.165, 1.54) is 0 Å². The van der Waals surface area contributed by atoms with Crippen LogP contribution in [0.1, 0.15) is 18.4 Å². The van der Waals surface area contributed by atoms with Crippen molar-refractivity contribution in [1.29, 1.82) is 5.41 Å². The maximum absolute atomic E-state index is 12.9. The third-order valence-electron chi connectivity index (χ3n) is 5.68. The molecule has 168 valence electrons. The molecule has 3 aromatic rings. The Bertz CT molecular complexity index is 1150. The number of nitrogens with two attached hydrogens (primary N) is 1. The number of nitrogens with zero attached hydrogens (tertiary/aromatic N) is 2. The van der Waals surface area contributed by atoms with Crippen LogP contribution in [0.2, 0.25) is 0 Å². The van der Waals surface area contributed by atoms with E-state index in [9.17, 15) is 14.7 Å². The van der Waals surface area contributed by atoms with Crippen molar-refractivity contribution in [2.75, 3.05) is 11.5 Å². The number of benzene rings is 2. The van der Waals surface area contributed by atoms with Gasteiger partial charge in [-0.05, 0) is 41.8 Å². The van der Waals surface area contributed by atoms with Gasteiger partial charge in [-0.25, -0.2) is 0 Å². The molecule has 4 N–H and O–H groups in total. The Morgan fingerprint density at radius 2 is 1.79 bits per heavy atom. The number of carbonyl (C=O) groups is 2. The van der Waals surface area contributed by atoms with Crippen molar-refractivity contribution in [1.82, 2.24) is 4.98 Å². The molecular formula is C25H24N4O4. The Labute approximate surface area is 191 Å². The van der Waals surface area contributed by atoms with E-state index in [1.807, 2.05) is 36.4 Å². The van der Waals surface area contributed by atoms with Crippen molar-refractivity contribution < 1.29 is 19.4 Å². The highest BCUT2D eigenvalue weighted by molar-refractivity contribution is 5.99. The van der Waals surface area contributed by atoms with E-state index >= 15 is 0 Å². The second kappa shape index (κ2) is 9.52. The van der Waals surface area contributed by atoms with Crippen LogP contribution in [0.25, 0.3) is 11.1 Å². The lowest BCUT2D eigenvalue weighted by Gasteiger charge is -2.24. The maximum Gasteiger partial charge on any atom is 0.304 e. The average Bonchev–Trinajstić information content (AvgIpc) is 3.13. The molecule has 8 nitrogen and oxygen atoms in total. The first-order chi connectivity index (χ1) is 15.9. The highest BCUT2D eigenvalue weighted by Crippen LogP contribution is 2.32. The molecule has 1 aliphatic rings. The number of amidine groups is 1. The molecule has 8 heteroatoms. The molecule has 0 radical (unpaired) electrons. The van der Waals surface area contributed by atoms with Gasteiger partial charge >= 0.3 is 5.97 Å². The number of hydrogen-bond donors (Lipinski definition) is 3. The molecule has 0 spiro atoms. The molecule has 2 atom stereocenters. The Hall–Kier alpha value is -4.20. The van der Waals surface area contributed by atoms with Crippen LogP contribution in [-0.4, -0.2) is 40.5 Å². The smallest absolute Gasteiger partial charge is 0.304 e. The molecule has 1 fully saturated rings. The molecule has 1 aliphatic heterocycles. The Morgan fingerprint density at radius 3 is 2.36 bits per heavy atom. The third-order valence-corrected chi connectivity index (χ3v) is 5.68. The van der Waals surface area contributed by atoms with Crippen LogP contribution < -0.4 is 15.4 Å². The van der Waals surface area contributed by atoms with Crippen molar-refractivity contribution in [2.24, 2.45) is 11.7 Å². The summed E-state index contributed by atoms with van der Waals surface area (Å²) in [5.74, 6) is -1.12. The van der Waals surface area contributed by atoms with Crippen LogP contribution in [0, 0.1) is 11.3 Å². The fourth-order valence-electron chi connectivity index (χ4n) is 4.05. The monoisotopic (exact) mass is 444 g/mol. The molecule has 0 unspecified atom stereocenters. The van der Waals surface area contributed by atoms with E-state index in [1.54, 1.807) is 41.6 Å². The summed E-state index contributed by atoms with van der Waals surface area (Å²) in [4.78, 5) is 29.8. The van der Waals surface area contributed by atoms with Crippen LogP contribution in [0.15, 0.2) is 73.1 Å². The van der Waals surface area contributed by atoms with E-state index in [2.05, 4.69) is 4.98 Å². The van der Waals surface area contributed by atoms with Gasteiger partial charge in [0.05, 0.1) is 30.3 Å². The fraction of sp³-hybridized carbons (Fsp3) is 0.200. The third kappa shape index (κ3) is 5.01. The number of hydrogen-bond acceptors (Lipinski definition) is 5. The van der Waals surface area contributed by atoms with E-state index in [0.29, 0.717) is 23.4 Å². The van der Waals surface area contributed by atoms with Gasteiger partial charge < -0.3 is 20.5 Å². The van der Waals surface area contributed by atoms with Crippen LogP contribution >= 0.6 is 0 Å². The zero-order valence-electron chi connectivity index (χ0n) is 17.8. The number of ether oxygens (including phenoxy) is 1. The number of aromatic nitrogens is 1. The Balaban J connectivity index is 1.46. The van der Waals surface area contributed by atoms with Crippen molar-refractivity contribution in [2.45, 2.75) is 18.9 Å². The van der Waals surface area contributed by atoms with Crippen LogP contribution in [0.5, 0.6) is 5.75 Å². The Kier molecular flexibility index (Phi) is 6.35. The first-order valence-corrected chi connectivity index (χ1v) is 10.5. The molecule has 2 aromatic carbocycles. The van der Waals surface area contributed by atoms with Gasteiger partial charge in [0.15, 0.2) is 0 Å². The van der Waals surface area contributed by atoms with Gasteiger partial charge in [0.2, 0.25) is 5.91 Å². The fourth-order valence-corrected chi connectivity index (χ4v) is 4.05. The zero-order valence-corrected chi connectivity index (χ0v) is 17.8. The van der Waals surface area contributed by atoms with E-state index in [0.717, 1.165) is 11.1 Å². The van der Waals surface area contributed by atoms with Crippen LogP contribution in [0.3, 0.4) is 0 Å². The maximum atomic E-state index is 12.9. The zero-order chi connectivity index (χ0) is 23.4. The van der Waals surface area contributed by atoms with Gasteiger partial charge in [0, 0.05) is 11.8 Å². The summed E-state index contributed by atoms with van der Waals surface area (Å²) in [5.41, 5.74) is 8.79. The predicted molar refractivity (Wildman–Crippen MR) is 124 cm³/mol. The highest BCUT2D eigenvalue weighted by atomic mass is 16.5. The van der Waals surface area contributed by atoms with E-state index < -0.39 is 11.9 Å². The first kappa shape index (κ1) is 22.0. The summed E-state index contributed by atoms with van der Waals surface area (Å²) in [6, 6.07) is 18.2. The normalized spacial score (nSPS) is 17.7. The summed E-state index contributed by atoms with van der Waals surface area (Å²) in [5, 5.41) is 16.7. The van der Waals surface area contributed by atoms with Gasteiger partial charge in [-0.2, -0.15) is 0 Å². The van der Waals surface area contributed by atoms with Gasteiger partial charge in [-0.15, -0.1) is 0 Å². The highest BCUT2D eigenvalue weighted by Gasteiger charge is 2.41. The molecular weight excluding hydrogens is 420 g/mol. The lowest BCUT2D eigenvalue weighted by Crippen LogP contribution is -2.37. The minimum absolute atomic E-state index is 0.0293. The lowest BCUT2D eigenvalue weighted by molar-refractivity contribution is -0.140. The second-order valence-electron chi connectivity index (χ2n) is 7.93. The first-order valence-electron chi connectivity index (χ1n) is 10.5. The summed E-state index contributed by atoms with van der Waals surface area (Å²) >= 11 is 0. The molecule has 1 aromatic heterocycles.